The number of benzene rings is 1. The minimum absolute atomic E-state index is 0.138. The van der Waals surface area contributed by atoms with E-state index in [0.717, 1.165) is 0 Å². The van der Waals surface area contributed by atoms with Crippen molar-refractivity contribution in [1.82, 2.24) is 0 Å². The third-order valence-electron chi connectivity index (χ3n) is 1.66. The summed E-state index contributed by atoms with van der Waals surface area (Å²) >= 11 is 0. The van der Waals surface area contributed by atoms with Crippen LogP contribution in [0.3, 0.4) is 0 Å². The van der Waals surface area contributed by atoms with Crippen molar-refractivity contribution in [2.45, 2.75) is 6.61 Å². The topological polar surface area (TPSA) is 38.3 Å². The van der Waals surface area contributed by atoms with Crippen LogP contribution in [0.1, 0.15) is 5.56 Å². The lowest BCUT2D eigenvalue weighted by Gasteiger charge is -2.16. The van der Waals surface area contributed by atoms with E-state index in [9.17, 15) is 9.18 Å². The number of carbonyl (C=O) groups is 1. The fourth-order valence-corrected chi connectivity index (χ4v) is 1.09. The van der Waals surface area contributed by atoms with Crippen LogP contribution in [0.5, 0.6) is 0 Å². The van der Waals surface area contributed by atoms with Crippen molar-refractivity contribution in [3.05, 3.63) is 29.6 Å². The summed E-state index contributed by atoms with van der Waals surface area (Å²) in [6.07, 6.45) is -0.492. The smallest absolute Gasteiger partial charge is 0.411 e. The van der Waals surface area contributed by atoms with Gasteiger partial charge in [0.1, 0.15) is 12.4 Å². The number of halogens is 1. The molecule has 62 valence electrons. The molecule has 0 fully saturated rings. The predicted molar refractivity (Wildman–Crippen MR) is 40.2 cm³/mol. The Kier molecular flexibility index (Phi) is 1.46. The molecule has 12 heavy (non-hydrogen) atoms. The molecule has 1 aliphatic heterocycles. The highest BCUT2D eigenvalue weighted by Gasteiger charge is 2.15. The third-order valence-corrected chi connectivity index (χ3v) is 1.66. The van der Waals surface area contributed by atoms with Gasteiger partial charge in [0.25, 0.3) is 0 Å². The quantitative estimate of drug-likeness (QED) is 0.640. The molecule has 0 saturated carbocycles. The van der Waals surface area contributed by atoms with Crippen LogP contribution >= 0.6 is 0 Å². The normalized spacial score (nSPS) is 14.6. The lowest BCUT2D eigenvalue weighted by atomic mass is 10.1. The largest absolute Gasteiger partial charge is 0.444 e. The van der Waals surface area contributed by atoms with E-state index in [1.54, 1.807) is 0 Å². The number of rotatable bonds is 0. The minimum atomic E-state index is -0.492. The molecule has 0 atom stereocenters. The molecule has 1 heterocycles. The molecule has 1 aromatic rings. The maximum atomic E-state index is 12.6. The summed E-state index contributed by atoms with van der Waals surface area (Å²) in [6, 6.07) is 4.16. The third kappa shape index (κ3) is 1.11. The van der Waals surface area contributed by atoms with Crippen molar-refractivity contribution in [2.24, 2.45) is 0 Å². The van der Waals surface area contributed by atoms with E-state index in [0.29, 0.717) is 11.3 Å². The Morgan fingerprint density at radius 2 is 2.33 bits per heavy atom. The number of carbonyl (C=O) groups excluding carboxylic acids is 1. The van der Waals surface area contributed by atoms with Gasteiger partial charge in [-0.3, -0.25) is 5.32 Å². The van der Waals surface area contributed by atoms with Crippen LogP contribution in [0, 0.1) is 5.82 Å². The molecule has 1 aromatic carbocycles. The zero-order chi connectivity index (χ0) is 8.55. The van der Waals surface area contributed by atoms with Crippen LogP contribution in [0.4, 0.5) is 14.9 Å². The molecular weight excluding hydrogens is 161 g/mol. The second-order valence-electron chi connectivity index (χ2n) is 2.50. The number of anilines is 1. The van der Waals surface area contributed by atoms with Gasteiger partial charge >= 0.3 is 6.09 Å². The Hall–Kier alpha value is -1.58. The zero-order valence-corrected chi connectivity index (χ0v) is 6.13. The average molecular weight is 167 g/mol. The fourth-order valence-electron chi connectivity index (χ4n) is 1.09. The van der Waals surface area contributed by atoms with Gasteiger partial charge in [-0.05, 0) is 18.2 Å². The number of nitrogens with one attached hydrogen (secondary N) is 1. The van der Waals surface area contributed by atoms with Gasteiger partial charge in [0.2, 0.25) is 0 Å². The Morgan fingerprint density at radius 1 is 1.50 bits per heavy atom. The fraction of sp³-hybridized carbons (Fsp3) is 0.125. The van der Waals surface area contributed by atoms with E-state index >= 15 is 0 Å². The summed E-state index contributed by atoms with van der Waals surface area (Å²) in [5.74, 6) is -0.325. The molecule has 0 radical (unpaired) electrons. The molecule has 0 saturated heterocycles. The Morgan fingerprint density at radius 3 is 3.17 bits per heavy atom. The number of hydrogen-bond acceptors (Lipinski definition) is 2. The van der Waals surface area contributed by atoms with Gasteiger partial charge < -0.3 is 4.74 Å². The summed E-state index contributed by atoms with van der Waals surface area (Å²) in [5, 5.41) is 2.46. The van der Waals surface area contributed by atoms with Crippen molar-refractivity contribution in [1.29, 1.82) is 0 Å². The molecule has 0 aliphatic carbocycles. The predicted octanol–water partition coefficient (Wildman–Crippen LogP) is 1.89. The first-order valence-electron chi connectivity index (χ1n) is 3.48. The van der Waals surface area contributed by atoms with E-state index in [1.807, 2.05) is 0 Å². The van der Waals surface area contributed by atoms with Gasteiger partial charge in [-0.1, -0.05) is 0 Å². The van der Waals surface area contributed by atoms with E-state index in [2.05, 4.69) is 10.1 Å². The van der Waals surface area contributed by atoms with Crippen LogP contribution in [0.15, 0.2) is 18.2 Å². The number of cyclic esters (lactones) is 1. The number of amides is 1. The van der Waals surface area contributed by atoms with Crippen LogP contribution in [-0.2, 0) is 11.3 Å². The van der Waals surface area contributed by atoms with Crippen molar-refractivity contribution >= 4 is 11.8 Å². The van der Waals surface area contributed by atoms with Crippen LogP contribution < -0.4 is 5.32 Å². The number of hydrogen-bond donors (Lipinski definition) is 1. The summed E-state index contributed by atoms with van der Waals surface area (Å²) in [6.45, 7) is 0.138. The first-order valence-corrected chi connectivity index (χ1v) is 3.48. The summed E-state index contributed by atoms with van der Waals surface area (Å²) in [5.41, 5.74) is 1.28. The first kappa shape index (κ1) is 7.09. The van der Waals surface area contributed by atoms with Gasteiger partial charge in [-0.15, -0.1) is 0 Å². The standard InChI is InChI=1S/C8H6FNO2/c9-6-1-2-7-5(3-6)4-12-8(11)10-7/h1-3H,4H2,(H,10,11). The van der Waals surface area contributed by atoms with Crippen molar-refractivity contribution in [2.75, 3.05) is 5.32 Å². The van der Waals surface area contributed by atoms with Crippen LogP contribution in [0.2, 0.25) is 0 Å². The highest BCUT2D eigenvalue weighted by molar-refractivity contribution is 5.87. The van der Waals surface area contributed by atoms with Gasteiger partial charge in [0.05, 0.1) is 5.69 Å². The molecule has 1 aliphatic rings. The average Bonchev–Trinajstić information content (AvgIpc) is 2.05. The molecule has 0 aromatic heterocycles. The maximum Gasteiger partial charge on any atom is 0.411 e. The van der Waals surface area contributed by atoms with Crippen molar-refractivity contribution in [3.8, 4) is 0 Å². The molecule has 4 heteroatoms. The van der Waals surface area contributed by atoms with Gasteiger partial charge in [0, 0.05) is 5.56 Å². The molecule has 0 spiro atoms. The van der Waals surface area contributed by atoms with E-state index in [4.69, 9.17) is 0 Å². The summed E-state index contributed by atoms with van der Waals surface area (Å²) in [4.78, 5) is 10.7. The van der Waals surface area contributed by atoms with Crippen molar-refractivity contribution < 1.29 is 13.9 Å². The highest BCUT2D eigenvalue weighted by atomic mass is 19.1. The SMILES string of the molecule is O=C1Nc2ccc(F)cc2CO1. The van der Waals surface area contributed by atoms with E-state index in [1.165, 1.54) is 18.2 Å². The Bertz CT molecular complexity index is 338. The second kappa shape index (κ2) is 2.48. The van der Waals surface area contributed by atoms with Gasteiger partial charge in [-0.25, -0.2) is 9.18 Å². The molecule has 0 unspecified atom stereocenters. The highest BCUT2D eigenvalue weighted by Crippen LogP contribution is 2.21. The zero-order valence-electron chi connectivity index (χ0n) is 6.13. The monoisotopic (exact) mass is 167 g/mol. The lowest BCUT2D eigenvalue weighted by Crippen LogP contribution is -2.20. The van der Waals surface area contributed by atoms with Gasteiger partial charge in [0.15, 0.2) is 0 Å². The molecule has 0 bridgehead atoms. The van der Waals surface area contributed by atoms with Crippen molar-refractivity contribution in [3.63, 3.8) is 0 Å². The lowest BCUT2D eigenvalue weighted by molar-refractivity contribution is 0.151. The van der Waals surface area contributed by atoms with Gasteiger partial charge in [-0.2, -0.15) is 0 Å². The molecular formula is C8H6FNO2. The summed E-state index contributed by atoms with van der Waals surface area (Å²) < 4.78 is 17.3. The molecule has 2 rings (SSSR count). The van der Waals surface area contributed by atoms with Crippen LogP contribution in [-0.4, -0.2) is 6.09 Å². The minimum Gasteiger partial charge on any atom is -0.444 e. The number of fused-ring (bicyclic) bond motifs is 1. The molecule has 1 amide bonds. The summed E-state index contributed by atoms with van der Waals surface area (Å²) in [7, 11) is 0. The van der Waals surface area contributed by atoms with E-state index in [-0.39, 0.29) is 12.4 Å². The van der Waals surface area contributed by atoms with Crippen LogP contribution in [0.25, 0.3) is 0 Å². The molecule has 3 nitrogen and oxygen atoms in total. The number of ether oxygens (including phenoxy) is 1. The molecule has 1 N–H and O–H groups in total. The maximum absolute atomic E-state index is 12.6. The Labute approximate surface area is 68.1 Å². The first-order chi connectivity index (χ1) is 5.75. The Balaban J connectivity index is 2.43. The second-order valence-corrected chi connectivity index (χ2v) is 2.50. The van der Waals surface area contributed by atoms with E-state index < -0.39 is 6.09 Å².